The van der Waals surface area contributed by atoms with Gasteiger partial charge in [0.05, 0.1) is 5.56 Å². The summed E-state index contributed by atoms with van der Waals surface area (Å²) in [5.41, 5.74) is 6.84. The number of nitrogens with two attached hydrogens (primary N) is 1. The Morgan fingerprint density at radius 2 is 1.52 bits per heavy atom. The van der Waals surface area contributed by atoms with E-state index in [0.717, 1.165) is 0 Å². The fraction of sp³-hybridized carbons (Fsp3) is 0.0476. The number of pyridine rings is 1. The van der Waals surface area contributed by atoms with Gasteiger partial charge in [-0.2, -0.15) is 0 Å². The van der Waals surface area contributed by atoms with E-state index < -0.39 is 5.91 Å². The molecule has 3 rings (SSSR count). The number of aromatic nitrogens is 1. The Kier molecular flexibility index (Phi) is 6.16. The van der Waals surface area contributed by atoms with Crippen LogP contribution in [0, 0.1) is 0 Å². The minimum absolute atomic E-state index is 0.274. The van der Waals surface area contributed by atoms with Gasteiger partial charge in [-0.15, -0.1) is 0 Å². The molecule has 0 saturated carbocycles. The van der Waals surface area contributed by atoms with Crippen molar-refractivity contribution in [3.63, 3.8) is 0 Å². The molecule has 2 aromatic carbocycles. The van der Waals surface area contributed by atoms with Gasteiger partial charge < -0.3 is 21.1 Å². The van der Waals surface area contributed by atoms with Crippen molar-refractivity contribution >= 4 is 29.1 Å². The maximum Gasteiger partial charge on any atom is 0.257 e. The van der Waals surface area contributed by atoms with Gasteiger partial charge >= 0.3 is 0 Å². The van der Waals surface area contributed by atoms with Crippen LogP contribution in [0.1, 0.15) is 20.7 Å². The number of carbonyl (C=O) groups excluding carboxylic acids is 3. The van der Waals surface area contributed by atoms with Crippen LogP contribution in [0.3, 0.4) is 0 Å². The van der Waals surface area contributed by atoms with Gasteiger partial charge in [0.2, 0.25) is 0 Å². The van der Waals surface area contributed by atoms with E-state index in [1.807, 2.05) is 0 Å². The third-order valence-corrected chi connectivity index (χ3v) is 3.78. The zero-order valence-electron chi connectivity index (χ0n) is 15.3. The first-order chi connectivity index (χ1) is 14.0. The summed E-state index contributed by atoms with van der Waals surface area (Å²) in [4.78, 5) is 39.5. The normalized spacial score (nSPS) is 10.1. The summed E-state index contributed by atoms with van der Waals surface area (Å²) >= 11 is 0. The Labute approximate surface area is 166 Å². The van der Waals surface area contributed by atoms with E-state index in [1.54, 1.807) is 60.8 Å². The zero-order valence-corrected chi connectivity index (χ0v) is 15.3. The molecule has 0 aliphatic carbocycles. The van der Waals surface area contributed by atoms with Gasteiger partial charge in [0, 0.05) is 29.3 Å². The van der Waals surface area contributed by atoms with Crippen LogP contribution in [0.4, 0.5) is 11.4 Å². The molecule has 29 heavy (non-hydrogen) atoms. The van der Waals surface area contributed by atoms with Crippen LogP contribution in [-0.2, 0) is 4.79 Å². The molecule has 4 N–H and O–H groups in total. The lowest BCUT2D eigenvalue weighted by atomic mass is 10.2. The third kappa shape index (κ3) is 5.64. The number of carbonyl (C=O) groups is 3. The number of nitrogens with zero attached hydrogens (tertiary/aromatic N) is 1. The van der Waals surface area contributed by atoms with Gasteiger partial charge in [0.15, 0.2) is 6.61 Å². The predicted molar refractivity (Wildman–Crippen MR) is 108 cm³/mol. The number of nitrogens with one attached hydrogen (secondary N) is 2. The number of amides is 3. The quantitative estimate of drug-likeness (QED) is 0.572. The predicted octanol–water partition coefficient (Wildman–Crippen LogP) is 2.45. The average Bonchev–Trinajstić information content (AvgIpc) is 2.73. The Hall–Kier alpha value is -4.20. The van der Waals surface area contributed by atoms with Crippen LogP contribution in [-0.4, -0.2) is 29.3 Å². The monoisotopic (exact) mass is 390 g/mol. The van der Waals surface area contributed by atoms with Gasteiger partial charge in [-0.1, -0.05) is 12.1 Å². The summed E-state index contributed by atoms with van der Waals surface area (Å²) in [5.74, 6) is -0.926. The van der Waals surface area contributed by atoms with Crippen LogP contribution < -0.4 is 21.1 Å². The van der Waals surface area contributed by atoms with Crippen molar-refractivity contribution in [2.45, 2.75) is 0 Å². The molecule has 0 spiro atoms. The Balaban J connectivity index is 1.67. The molecular weight excluding hydrogens is 372 g/mol. The van der Waals surface area contributed by atoms with Crippen LogP contribution in [0.15, 0.2) is 73.1 Å². The van der Waals surface area contributed by atoms with E-state index in [9.17, 15) is 14.4 Å². The summed E-state index contributed by atoms with van der Waals surface area (Å²) in [7, 11) is 0. The molecule has 0 bridgehead atoms. The van der Waals surface area contributed by atoms with Gasteiger partial charge in [-0.3, -0.25) is 19.4 Å². The van der Waals surface area contributed by atoms with E-state index in [1.165, 1.54) is 12.3 Å². The molecule has 146 valence electrons. The number of primary amides is 1. The van der Waals surface area contributed by atoms with Crippen molar-refractivity contribution in [3.05, 3.63) is 84.2 Å². The third-order valence-electron chi connectivity index (χ3n) is 3.78. The van der Waals surface area contributed by atoms with Crippen molar-refractivity contribution in [1.29, 1.82) is 0 Å². The largest absolute Gasteiger partial charge is 0.484 e. The molecule has 0 saturated heterocycles. The molecule has 3 aromatic rings. The Morgan fingerprint density at radius 3 is 2.17 bits per heavy atom. The fourth-order valence-corrected chi connectivity index (χ4v) is 2.46. The van der Waals surface area contributed by atoms with E-state index in [0.29, 0.717) is 28.3 Å². The maximum atomic E-state index is 12.5. The molecular formula is C21H18N4O4. The Morgan fingerprint density at radius 1 is 0.862 bits per heavy atom. The second-order valence-electron chi connectivity index (χ2n) is 6.01. The van der Waals surface area contributed by atoms with Crippen molar-refractivity contribution in [3.8, 4) is 5.75 Å². The highest BCUT2D eigenvalue weighted by atomic mass is 16.5. The standard InChI is InChI=1S/C21H18N4O4/c22-19(26)13-29-18-8-1-4-14(10-18)20(27)24-16-6-2-7-17(11-16)25-21(28)15-5-3-9-23-12-15/h1-12H,13H2,(H2,22,26)(H,24,27)(H,25,28). The van der Waals surface area contributed by atoms with E-state index in [-0.39, 0.29) is 18.4 Å². The summed E-state index contributed by atoms with van der Waals surface area (Å²) in [6.45, 7) is -0.274. The summed E-state index contributed by atoms with van der Waals surface area (Å²) in [6, 6.07) is 16.5. The second-order valence-corrected chi connectivity index (χ2v) is 6.01. The van der Waals surface area contributed by atoms with Crippen molar-refractivity contribution in [2.24, 2.45) is 5.73 Å². The van der Waals surface area contributed by atoms with Crippen LogP contribution in [0.5, 0.6) is 5.75 Å². The van der Waals surface area contributed by atoms with Gasteiger partial charge in [0.1, 0.15) is 5.75 Å². The SMILES string of the molecule is NC(=O)COc1cccc(C(=O)Nc2cccc(NC(=O)c3cccnc3)c2)c1. The lowest BCUT2D eigenvalue weighted by Gasteiger charge is -2.10. The molecule has 0 radical (unpaired) electrons. The lowest BCUT2D eigenvalue weighted by Crippen LogP contribution is -2.20. The average molecular weight is 390 g/mol. The minimum atomic E-state index is -0.606. The number of rotatable bonds is 7. The number of hydrogen-bond acceptors (Lipinski definition) is 5. The minimum Gasteiger partial charge on any atom is -0.484 e. The molecule has 1 aromatic heterocycles. The topological polar surface area (TPSA) is 123 Å². The van der Waals surface area contributed by atoms with Gasteiger partial charge in [-0.05, 0) is 48.5 Å². The number of hydrogen-bond donors (Lipinski definition) is 3. The van der Waals surface area contributed by atoms with E-state index >= 15 is 0 Å². The van der Waals surface area contributed by atoms with Crippen LogP contribution in [0.2, 0.25) is 0 Å². The number of ether oxygens (including phenoxy) is 1. The molecule has 8 heteroatoms. The molecule has 8 nitrogen and oxygen atoms in total. The highest BCUT2D eigenvalue weighted by Crippen LogP contribution is 2.19. The first-order valence-corrected chi connectivity index (χ1v) is 8.65. The van der Waals surface area contributed by atoms with Gasteiger partial charge in [-0.25, -0.2) is 0 Å². The highest BCUT2D eigenvalue weighted by Gasteiger charge is 2.10. The molecule has 1 heterocycles. The number of anilines is 2. The summed E-state index contributed by atoms with van der Waals surface area (Å²) < 4.78 is 5.21. The second kappa shape index (κ2) is 9.14. The molecule has 0 atom stereocenters. The first-order valence-electron chi connectivity index (χ1n) is 8.65. The smallest absolute Gasteiger partial charge is 0.257 e. The number of benzene rings is 2. The van der Waals surface area contributed by atoms with E-state index in [2.05, 4.69) is 15.6 Å². The fourth-order valence-electron chi connectivity index (χ4n) is 2.46. The first kappa shape index (κ1) is 19.6. The van der Waals surface area contributed by atoms with Crippen molar-refractivity contribution < 1.29 is 19.1 Å². The molecule has 0 aliphatic heterocycles. The summed E-state index contributed by atoms with van der Waals surface area (Å²) in [5, 5.41) is 5.51. The van der Waals surface area contributed by atoms with E-state index in [4.69, 9.17) is 10.5 Å². The van der Waals surface area contributed by atoms with Gasteiger partial charge in [0.25, 0.3) is 17.7 Å². The summed E-state index contributed by atoms with van der Waals surface area (Å²) in [6.07, 6.45) is 3.05. The lowest BCUT2D eigenvalue weighted by molar-refractivity contribution is -0.119. The van der Waals surface area contributed by atoms with Crippen LogP contribution in [0.25, 0.3) is 0 Å². The zero-order chi connectivity index (χ0) is 20.6. The maximum absolute atomic E-state index is 12.5. The van der Waals surface area contributed by atoms with Crippen molar-refractivity contribution in [2.75, 3.05) is 17.2 Å². The highest BCUT2D eigenvalue weighted by molar-refractivity contribution is 6.06. The molecule has 0 aliphatic rings. The molecule has 3 amide bonds. The molecule has 0 unspecified atom stereocenters. The van der Waals surface area contributed by atoms with Crippen molar-refractivity contribution in [1.82, 2.24) is 4.98 Å². The van der Waals surface area contributed by atoms with Crippen LogP contribution >= 0.6 is 0 Å². The molecule has 0 fully saturated rings. The Bertz CT molecular complexity index is 1040.